The molecule has 6 nitrogen and oxygen atoms in total. The van der Waals surface area contributed by atoms with E-state index in [1.165, 1.54) is 27.6 Å². The third kappa shape index (κ3) is 5.33. The van der Waals surface area contributed by atoms with Crippen molar-refractivity contribution < 1.29 is 19.8 Å². The molecular formula is C23H24N2O4. The van der Waals surface area contributed by atoms with Gasteiger partial charge in [0.15, 0.2) is 0 Å². The van der Waals surface area contributed by atoms with Crippen LogP contribution in [0.25, 0.3) is 10.8 Å². The summed E-state index contributed by atoms with van der Waals surface area (Å²) >= 11 is 0. The van der Waals surface area contributed by atoms with Crippen molar-refractivity contribution in [1.82, 2.24) is 5.32 Å². The Balaban J connectivity index is 0.000000353. The molecule has 1 aliphatic rings. The molecule has 0 unspecified atom stereocenters. The second-order valence-electron chi connectivity index (χ2n) is 6.80. The van der Waals surface area contributed by atoms with Crippen molar-refractivity contribution in [2.24, 2.45) is 0 Å². The van der Waals surface area contributed by atoms with Gasteiger partial charge in [-0.2, -0.15) is 0 Å². The minimum Gasteiger partial charge on any atom is -0.473 e. The molecule has 0 saturated carbocycles. The van der Waals surface area contributed by atoms with Gasteiger partial charge in [-0.15, -0.1) is 0 Å². The quantitative estimate of drug-likeness (QED) is 0.594. The van der Waals surface area contributed by atoms with Crippen molar-refractivity contribution >= 4 is 28.4 Å². The minimum atomic E-state index is -1.82. The zero-order chi connectivity index (χ0) is 20.6. The van der Waals surface area contributed by atoms with Crippen LogP contribution in [0.15, 0.2) is 66.7 Å². The molecule has 1 fully saturated rings. The smallest absolute Gasteiger partial charge is 0.414 e. The van der Waals surface area contributed by atoms with Crippen LogP contribution in [-0.2, 0) is 16.0 Å². The number of benzene rings is 3. The molecule has 0 atom stereocenters. The number of hydrogen-bond acceptors (Lipinski definition) is 4. The summed E-state index contributed by atoms with van der Waals surface area (Å²) in [4.78, 5) is 20.7. The lowest BCUT2D eigenvalue weighted by Crippen LogP contribution is -2.43. The molecule has 6 heteroatoms. The summed E-state index contributed by atoms with van der Waals surface area (Å²) in [6.07, 6.45) is 0.989. The minimum absolute atomic E-state index is 0.989. The van der Waals surface area contributed by atoms with E-state index < -0.39 is 11.9 Å². The third-order valence-electron chi connectivity index (χ3n) is 4.87. The van der Waals surface area contributed by atoms with Gasteiger partial charge in [-0.25, -0.2) is 9.59 Å². The first-order chi connectivity index (χ1) is 14.1. The number of nitrogens with one attached hydrogen (secondary N) is 1. The Bertz CT molecular complexity index is 971. The molecular weight excluding hydrogens is 368 g/mol. The molecule has 4 rings (SSSR count). The van der Waals surface area contributed by atoms with Gasteiger partial charge < -0.3 is 20.4 Å². The molecule has 1 saturated heterocycles. The molecule has 1 aliphatic heterocycles. The highest BCUT2D eigenvalue weighted by atomic mass is 16.4. The van der Waals surface area contributed by atoms with Gasteiger partial charge in [-0.1, -0.05) is 60.7 Å². The normalized spacial score (nSPS) is 13.4. The van der Waals surface area contributed by atoms with E-state index >= 15 is 0 Å². The fourth-order valence-corrected chi connectivity index (χ4v) is 3.50. The maximum absolute atomic E-state index is 9.10. The van der Waals surface area contributed by atoms with E-state index in [1.807, 2.05) is 0 Å². The standard InChI is InChI=1S/C21H22N2.C2H2O4/c1-2-6-17(7-3-1)16-18-10-11-21(23-14-12-22-13-15-23)20-9-5-4-8-19(18)20;3-1(4)2(5)6/h1-11,22H,12-16H2;(H,3,4)(H,5,6). The van der Waals surface area contributed by atoms with Crippen LogP contribution in [0.3, 0.4) is 0 Å². The lowest BCUT2D eigenvalue weighted by Gasteiger charge is -2.30. The van der Waals surface area contributed by atoms with Crippen molar-refractivity contribution in [1.29, 1.82) is 0 Å². The lowest BCUT2D eigenvalue weighted by atomic mass is 9.97. The Morgan fingerprint density at radius 2 is 1.38 bits per heavy atom. The monoisotopic (exact) mass is 392 g/mol. The number of aliphatic carboxylic acids is 2. The molecule has 0 bridgehead atoms. The van der Waals surface area contributed by atoms with E-state index in [2.05, 4.69) is 76.9 Å². The first kappa shape index (κ1) is 20.4. The zero-order valence-electron chi connectivity index (χ0n) is 16.0. The van der Waals surface area contributed by atoms with Crippen LogP contribution in [-0.4, -0.2) is 48.3 Å². The molecule has 150 valence electrons. The van der Waals surface area contributed by atoms with Crippen LogP contribution in [0.4, 0.5) is 5.69 Å². The van der Waals surface area contributed by atoms with Gasteiger partial charge >= 0.3 is 11.9 Å². The lowest BCUT2D eigenvalue weighted by molar-refractivity contribution is -0.159. The summed E-state index contributed by atoms with van der Waals surface area (Å²) < 4.78 is 0. The molecule has 0 radical (unpaired) electrons. The fraction of sp³-hybridized carbons (Fsp3) is 0.217. The largest absolute Gasteiger partial charge is 0.473 e. The van der Waals surface area contributed by atoms with E-state index in [0.717, 1.165) is 32.6 Å². The van der Waals surface area contributed by atoms with Crippen LogP contribution < -0.4 is 10.2 Å². The van der Waals surface area contributed by atoms with Gasteiger partial charge in [0.1, 0.15) is 0 Å². The maximum Gasteiger partial charge on any atom is 0.414 e. The topological polar surface area (TPSA) is 89.9 Å². The Hall–Kier alpha value is -3.38. The maximum atomic E-state index is 9.10. The molecule has 3 N–H and O–H groups in total. The number of fused-ring (bicyclic) bond motifs is 1. The van der Waals surface area contributed by atoms with Crippen molar-refractivity contribution in [3.8, 4) is 0 Å². The highest BCUT2D eigenvalue weighted by Crippen LogP contribution is 2.31. The summed E-state index contributed by atoms with van der Waals surface area (Å²) in [6.45, 7) is 4.31. The van der Waals surface area contributed by atoms with E-state index in [-0.39, 0.29) is 0 Å². The molecule has 1 heterocycles. The van der Waals surface area contributed by atoms with E-state index in [1.54, 1.807) is 0 Å². The molecule has 3 aromatic carbocycles. The van der Waals surface area contributed by atoms with Crippen molar-refractivity contribution in [3.63, 3.8) is 0 Å². The predicted molar refractivity (Wildman–Crippen MR) is 114 cm³/mol. The number of carbonyl (C=O) groups is 2. The third-order valence-corrected chi connectivity index (χ3v) is 4.87. The molecule has 29 heavy (non-hydrogen) atoms. The second kappa shape index (κ2) is 9.71. The Labute approximate surface area is 169 Å². The first-order valence-electron chi connectivity index (χ1n) is 9.52. The summed E-state index contributed by atoms with van der Waals surface area (Å²) in [5.74, 6) is -3.65. The number of rotatable bonds is 3. The van der Waals surface area contributed by atoms with Crippen LogP contribution in [0.1, 0.15) is 11.1 Å². The van der Waals surface area contributed by atoms with E-state index in [0.29, 0.717) is 0 Å². The molecule has 3 aromatic rings. The van der Waals surface area contributed by atoms with Gasteiger partial charge in [0, 0.05) is 37.3 Å². The van der Waals surface area contributed by atoms with Crippen LogP contribution in [0.2, 0.25) is 0 Å². The van der Waals surface area contributed by atoms with Crippen molar-refractivity contribution in [2.75, 3.05) is 31.1 Å². The van der Waals surface area contributed by atoms with Crippen molar-refractivity contribution in [2.45, 2.75) is 6.42 Å². The SMILES string of the molecule is O=C(O)C(=O)O.c1ccc(Cc2ccc(N3CCNCC3)c3ccccc23)cc1. The number of carboxylic acid groups (broad SMARTS) is 2. The predicted octanol–water partition coefficient (Wildman–Crippen LogP) is 3.00. The van der Waals surface area contributed by atoms with Crippen LogP contribution in [0, 0.1) is 0 Å². The van der Waals surface area contributed by atoms with E-state index in [9.17, 15) is 0 Å². The van der Waals surface area contributed by atoms with Gasteiger partial charge in [0.2, 0.25) is 0 Å². The van der Waals surface area contributed by atoms with Crippen molar-refractivity contribution in [3.05, 3.63) is 77.9 Å². The van der Waals surface area contributed by atoms with Crippen LogP contribution in [0.5, 0.6) is 0 Å². The van der Waals surface area contributed by atoms with E-state index in [4.69, 9.17) is 19.8 Å². The first-order valence-corrected chi connectivity index (χ1v) is 9.52. The molecule has 0 aromatic heterocycles. The highest BCUT2D eigenvalue weighted by Gasteiger charge is 2.14. The zero-order valence-corrected chi connectivity index (χ0v) is 16.0. The van der Waals surface area contributed by atoms with Gasteiger partial charge in [-0.3, -0.25) is 0 Å². The number of anilines is 1. The summed E-state index contributed by atoms with van der Waals surface area (Å²) in [6, 6.07) is 24.2. The van der Waals surface area contributed by atoms with Crippen LogP contribution >= 0.6 is 0 Å². The second-order valence-corrected chi connectivity index (χ2v) is 6.80. The Kier molecular flexibility index (Phi) is 6.81. The Morgan fingerprint density at radius 1 is 0.793 bits per heavy atom. The highest BCUT2D eigenvalue weighted by molar-refractivity contribution is 6.27. The summed E-state index contributed by atoms with van der Waals surface area (Å²) in [7, 11) is 0. The molecule has 0 aliphatic carbocycles. The molecule has 0 amide bonds. The van der Waals surface area contributed by atoms with Gasteiger partial charge in [-0.05, 0) is 29.0 Å². The number of carboxylic acids is 2. The summed E-state index contributed by atoms with van der Waals surface area (Å²) in [5.41, 5.74) is 4.15. The average Bonchev–Trinajstić information content (AvgIpc) is 2.76. The number of nitrogens with zero attached hydrogens (tertiary/aromatic N) is 1. The van der Waals surface area contributed by atoms with Gasteiger partial charge in [0.05, 0.1) is 0 Å². The molecule has 0 spiro atoms. The fourth-order valence-electron chi connectivity index (χ4n) is 3.50. The summed E-state index contributed by atoms with van der Waals surface area (Å²) in [5, 5.41) is 21.0. The average molecular weight is 392 g/mol. The number of piperazine rings is 1. The van der Waals surface area contributed by atoms with Gasteiger partial charge in [0.25, 0.3) is 0 Å². The Morgan fingerprint density at radius 3 is 2.00 bits per heavy atom. The number of hydrogen-bond donors (Lipinski definition) is 3.